The summed E-state index contributed by atoms with van der Waals surface area (Å²) in [4.78, 5) is 16.2. The molecular weight excluding hydrogens is 262 g/mol. The molecule has 2 N–H and O–H groups in total. The fourth-order valence-electron chi connectivity index (χ4n) is 4.04. The summed E-state index contributed by atoms with van der Waals surface area (Å²) in [7, 11) is 0. The van der Waals surface area contributed by atoms with Crippen LogP contribution in [0.4, 0.5) is 4.79 Å². The number of hydrogen-bond donors (Lipinski definition) is 2. The molecule has 0 radical (unpaired) electrons. The van der Waals surface area contributed by atoms with Crippen molar-refractivity contribution in [3.63, 3.8) is 0 Å². The van der Waals surface area contributed by atoms with Crippen LogP contribution in [0.15, 0.2) is 36.5 Å². The SMILES string of the molecule is O=C1NCC2(CCCCC2c2cccc3ncccc23)N1. The first-order valence-corrected chi connectivity index (χ1v) is 7.68. The molecule has 2 unspecified atom stereocenters. The summed E-state index contributed by atoms with van der Waals surface area (Å²) in [5.41, 5.74) is 2.23. The van der Waals surface area contributed by atoms with E-state index in [0.717, 1.165) is 24.9 Å². The topological polar surface area (TPSA) is 54.0 Å². The molecular formula is C17H19N3O. The van der Waals surface area contributed by atoms with Gasteiger partial charge in [0, 0.05) is 24.0 Å². The number of rotatable bonds is 1. The first-order valence-electron chi connectivity index (χ1n) is 7.68. The molecule has 4 rings (SSSR count). The highest BCUT2D eigenvalue weighted by atomic mass is 16.2. The fourth-order valence-corrected chi connectivity index (χ4v) is 4.04. The van der Waals surface area contributed by atoms with Gasteiger partial charge in [-0.05, 0) is 30.5 Å². The third-order valence-electron chi connectivity index (χ3n) is 5.01. The minimum Gasteiger partial charge on any atom is -0.336 e. The number of urea groups is 1. The average molecular weight is 281 g/mol. The Hall–Kier alpha value is -2.10. The van der Waals surface area contributed by atoms with Crippen LogP contribution < -0.4 is 10.6 Å². The third kappa shape index (κ3) is 1.97. The largest absolute Gasteiger partial charge is 0.336 e. The molecule has 2 aliphatic rings. The van der Waals surface area contributed by atoms with Crippen LogP contribution in [0, 0.1) is 0 Å². The van der Waals surface area contributed by atoms with Crippen LogP contribution >= 0.6 is 0 Å². The number of aromatic nitrogens is 1. The highest BCUT2D eigenvalue weighted by molar-refractivity contribution is 5.83. The van der Waals surface area contributed by atoms with E-state index < -0.39 is 0 Å². The van der Waals surface area contributed by atoms with Crippen molar-refractivity contribution in [1.29, 1.82) is 0 Å². The number of nitrogens with zero attached hydrogens (tertiary/aromatic N) is 1. The predicted octanol–water partition coefficient (Wildman–Crippen LogP) is 2.94. The number of nitrogens with one attached hydrogen (secondary N) is 2. The van der Waals surface area contributed by atoms with E-state index in [1.54, 1.807) is 0 Å². The monoisotopic (exact) mass is 281 g/mol. The van der Waals surface area contributed by atoms with Gasteiger partial charge in [0.1, 0.15) is 0 Å². The van der Waals surface area contributed by atoms with Gasteiger partial charge in [0.25, 0.3) is 0 Å². The smallest absolute Gasteiger partial charge is 0.315 e. The van der Waals surface area contributed by atoms with Crippen LogP contribution in [0.2, 0.25) is 0 Å². The Morgan fingerprint density at radius 1 is 1.19 bits per heavy atom. The normalized spacial score (nSPS) is 28.6. The number of benzene rings is 1. The number of carbonyl (C=O) groups is 1. The van der Waals surface area contributed by atoms with Crippen molar-refractivity contribution < 1.29 is 4.79 Å². The Balaban J connectivity index is 1.84. The molecule has 4 nitrogen and oxygen atoms in total. The standard InChI is InChI=1S/C17H19N3O/c21-16-19-11-17(20-16)9-2-1-7-14(17)12-5-3-8-15-13(12)6-4-10-18-15/h3-6,8,10,14H,1-2,7,9,11H2,(H2,19,20,21). The molecule has 2 atom stereocenters. The van der Waals surface area contributed by atoms with Gasteiger partial charge in [0.05, 0.1) is 11.1 Å². The fraction of sp³-hybridized carbons (Fsp3) is 0.412. The summed E-state index contributed by atoms with van der Waals surface area (Å²) < 4.78 is 0. The van der Waals surface area contributed by atoms with E-state index in [2.05, 4.69) is 39.9 Å². The Kier molecular flexibility index (Phi) is 2.84. The molecule has 108 valence electrons. The van der Waals surface area contributed by atoms with Crippen molar-refractivity contribution in [2.45, 2.75) is 37.1 Å². The third-order valence-corrected chi connectivity index (χ3v) is 5.01. The summed E-state index contributed by atoms with van der Waals surface area (Å²) in [6.07, 6.45) is 6.41. The molecule has 1 aliphatic carbocycles. The molecule has 2 heterocycles. The van der Waals surface area contributed by atoms with Crippen molar-refractivity contribution in [3.8, 4) is 0 Å². The second-order valence-corrected chi connectivity index (χ2v) is 6.18. The maximum absolute atomic E-state index is 11.7. The molecule has 1 aromatic heterocycles. The van der Waals surface area contributed by atoms with Gasteiger partial charge in [0.2, 0.25) is 0 Å². The maximum Gasteiger partial charge on any atom is 0.315 e. The quantitative estimate of drug-likeness (QED) is 0.844. The van der Waals surface area contributed by atoms with Gasteiger partial charge in [-0.1, -0.05) is 31.0 Å². The predicted molar refractivity (Wildman–Crippen MR) is 82.2 cm³/mol. The van der Waals surface area contributed by atoms with E-state index in [4.69, 9.17) is 0 Å². The number of amides is 2. The lowest BCUT2D eigenvalue weighted by atomic mass is 9.69. The Labute approximate surface area is 124 Å². The van der Waals surface area contributed by atoms with Gasteiger partial charge in [-0.3, -0.25) is 4.98 Å². The zero-order valence-corrected chi connectivity index (χ0v) is 11.9. The zero-order chi connectivity index (χ0) is 14.3. The van der Waals surface area contributed by atoms with Crippen LogP contribution in [-0.2, 0) is 0 Å². The van der Waals surface area contributed by atoms with Gasteiger partial charge < -0.3 is 10.6 Å². The lowest BCUT2D eigenvalue weighted by molar-refractivity contribution is 0.222. The lowest BCUT2D eigenvalue weighted by Crippen LogP contribution is -2.50. The van der Waals surface area contributed by atoms with E-state index in [9.17, 15) is 4.79 Å². The van der Waals surface area contributed by atoms with Crippen LogP contribution in [0.25, 0.3) is 10.9 Å². The van der Waals surface area contributed by atoms with E-state index in [0.29, 0.717) is 5.92 Å². The number of carbonyl (C=O) groups excluding carboxylic acids is 1. The minimum atomic E-state index is -0.126. The Bertz CT molecular complexity index is 694. The van der Waals surface area contributed by atoms with Crippen molar-refractivity contribution >= 4 is 16.9 Å². The first-order chi connectivity index (χ1) is 10.3. The highest BCUT2D eigenvalue weighted by Crippen LogP contribution is 2.43. The molecule has 1 aromatic carbocycles. The highest BCUT2D eigenvalue weighted by Gasteiger charge is 2.46. The van der Waals surface area contributed by atoms with Crippen LogP contribution in [0.1, 0.15) is 37.2 Å². The molecule has 1 spiro atoms. The molecule has 1 saturated heterocycles. The molecule has 21 heavy (non-hydrogen) atoms. The maximum atomic E-state index is 11.7. The Morgan fingerprint density at radius 2 is 2.14 bits per heavy atom. The molecule has 1 aliphatic heterocycles. The second-order valence-electron chi connectivity index (χ2n) is 6.18. The minimum absolute atomic E-state index is 0.0275. The zero-order valence-electron chi connectivity index (χ0n) is 11.9. The van der Waals surface area contributed by atoms with Gasteiger partial charge in [0.15, 0.2) is 0 Å². The summed E-state index contributed by atoms with van der Waals surface area (Å²) in [5, 5.41) is 7.39. The first kappa shape index (κ1) is 12.6. The molecule has 2 amide bonds. The summed E-state index contributed by atoms with van der Waals surface area (Å²) in [6, 6.07) is 10.4. The van der Waals surface area contributed by atoms with Crippen molar-refractivity contribution in [2.24, 2.45) is 0 Å². The summed E-state index contributed by atoms with van der Waals surface area (Å²) in [5.74, 6) is 0.359. The Morgan fingerprint density at radius 3 is 3.00 bits per heavy atom. The molecule has 0 bridgehead atoms. The van der Waals surface area contributed by atoms with E-state index >= 15 is 0 Å². The van der Waals surface area contributed by atoms with E-state index in [1.165, 1.54) is 23.8 Å². The molecule has 2 aromatic rings. The average Bonchev–Trinajstić information content (AvgIpc) is 2.89. The van der Waals surface area contributed by atoms with Crippen molar-refractivity contribution in [2.75, 3.05) is 6.54 Å². The van der Waals surface area contributed by atoms with Crippen LogP contribution in [0.5, 0.6) is 0 Å². The van der Waals surface area contributed by atoms with Gasteiger partial charge in [-0.25, -0.2) is 4.79 Å². The van der Waals surface area contributed by atoms with E-state index in [1.807, 2.05) is 12.3 Å². The van der Waals surface area contributed by atoms with E-state index in [-0.39, 0.29) is 11.6 Å². The lowest BCUT2D eigenvalue weighted by Gasteiger charge is -2.41. The second kappa shape index (κ2) is 4.72. The molecule has 2 fully saturated rings. The van der Waals surface area contributed by atoms with Crippen molar-refractivity contribution in [3.05, 3.63) is 42.1 Å². The number of pyridine rings is 1. The van der Waals surface area contributed by atoms with Crippen LogP contribution in [0.3, 0.4) is 0 Å². The van der Waals surface area contributed by atoms with Crippen molar-refractivity contribution in [1.82, 2.24) is 15.6 Å². The van der Waals surface area contributed by atoms with Gasteiger partial charge >= 0.3 is 6.03 Å². The van der Waals surface area contributed by atoms with Gasteiger partial charge in [-0.15, -0.1) is 0 Å². The molecule has 1 saturated carbocycles. The van der Waals surface area contributed by atoms with Gasteiger partial charge in [-0.2, -0.15) is 0 Å². The number of fused-ring (bicyclic) bond motifs is 1. The summed E-state index contributed by atoms with van der Waals surface area (Å²) >= 11 is 0. The van der Waals surface area contributed by atoms with Crippen LogP contribution in [-0.4, -0.2) is 23.1 Å². The molecule has 4 heteroatoms. The number of hydrogen-bond acceptors (Lipinski definition) is 2. The summed E-state index contributed by atoms with van der Waals surface area (Å²) in [6.45, 7) is 0.729.